The standard InChI is InChI=1S/C29H34FN7O4S/c1-15-12-36(13-16(2)37(15)28(40)41-29(4,5)6)22-9-8-20(24-25(22)42-27(33-24)31-17(3)38)26(39)32-19-10-18-14-35(7)34-23(18)21(30)11-19/h8-11,14-16H,12-13H2,1-7H3,(H,32,39)(H,31,33,38)/t15-,16-/m0/s1. The third-order valence-electron chi connectivity index (χ3n) is 6.85. The highest BCUT2D eigenvalue weighted by atomic mass is 32.1. The van der Waals surface area contributed by atoms with Gasteiger partial charge < -0.3 is 20.3 Å². The van der Waals surface area contributed by atoms with E-state index in [1.807, 2.05) is 40.7 Å². The van der Waals surface area contributed by atoms with Gasteiger partial charge in [-0.25, -0.2) is 14.2 Å². The van der Waals surface area contributed by atoms with Gasteiger partial charge in [0.2, 0.25) is 5.91 Å². The van der Waals surface area contributed by atoms with Crippen LogP contribution in [-0.2, 0) is 16.6 Å². The number of carbonyl (C=O) groups excluding carboxylic acids is 3. The quantitative estimate of drug-likeness (QED) is 0.325. The van der Waals surface area contributed by atoms with E-state index in [0.29, 0.717) is 33.8 Å². The fraction of sp³-hybridized carbons (Fsp3) is 0.414. The molecule has 5 rings (SSSR count). The van der Waals surface area contributed by atoms with Crippen molar-refractivity contribution in [2.24, 2.45) is 7.05 Å². The van der Waals surface area contributed by atoms with Crippen molar-refractivity contribution in [3.05, 3.63) is 41.8 Å². The zero-order chi connectivity index (χ0) is 30.5. The second-order valence-electron chi connectivity index (χ2n) is 11.7. The molecule has 0 spiro atoms. The number of hydrogen-bond donors (Lipinski definition) is 2. The molecule has 1 aliphatic heterocycles. The van der Waals surface area contributed by atoms with Crippen LogP contribution in [-0.4, -0.2) is 68.3 Å². The Balaban J connectivity index is 1.47. The fourth-order valence-corrected chi connectivity index (χ4v) is 6.39. The van der Waals surface area contributed by atoms with Crippen molar-refractivity contribution < 1.29 is 23.5 Å². The highest BCUT2D eigenvalue weighted by Gasteiger charge is 2.36. The zero-order valence-electron chi connectivity index (χ0n) is 24.6. The summed E-state index contributed by atoms with van der Waals surface area (Å²) in [7, 11) is 1.70. The monoisotopic (exact) mass is 595 g/mol. The van der Waals surface area contributed by atoms with Gasteiger partial charge in [0.15, 0.2) is 10.9 Å². The summed E-state index contributed by atoms with van der Waals surface area (Å²) in [6, 6.07) is 6.11. The minimum absolute atomic E-state index is 0.151. The first-order chi connectivity index (χ1) is 19.7. The lowest BCUT2D eigenvalue weighted by atomic mass is 10.1. The van der Waals surface area contributed by atoms with Crippen molar-refractivity contribution in [3.63, 3.8) is 0 Å². The van der Waals surface area contributed by atoms with Crippen LogP contribution < -0.4 is 15.5 Å². The van der Waals surface area contributed by atoms with Crippen LogP contribution in [0.25, 0.3) is 21.1 Å². The molecule has 0 aliphatic carbocycles. The summed E-state index contributed by atoms with van der Waals surface area (Å²) in [5.41, 5.74) is 1.43. The number of nitrogens with one attached hydrogen (secondary N) is 2. The van der Waals surface area contributed by atoms with Gasteiger partial charge in [0.1, 0.15) is 11.1 Å². The Bertz CT molecular complexity index is 1700. The summed E-state index contributed by atoms with van der Waals surface area (Å²) >= 11 is 1.27. The molecule has 0 bridgehead atoms. The maximum absolute atomic E-state index is 14.7. The van der Waals surface area contributed by atoms with E-state index < -0.39 is 17.3 Å². The van der Waals surface area contributed by atoms with E-state index in [-0.39, 0.29) is 40.9 Å². The lowest BCUT2D eigenvalue weighted by molar-refractivity contribution is -0.114. The Morgan fingerprint density at radius 3 is 2.40 bits per heavy atom. The summed E-state index contributed by atoms with van der Waals surface area (Å²) in [6.07, 6.45) is 1.32. The highest BCUT2D eigenvalue weighted by Crippen LogP contribution is 2.38. The molecule has 2 aromatic heterocycles. The number of rotatable bonds is 4. The first kappa shape index (κ1) is 29.2. The lowest BCUT2D eigenvalue weighted by Gasteiger charge is -2.45. The Kier molecular flexibility index (Phi) is 7.56. The molecule has 0 radical (unpaired) electrons. The van der Waals surface area contributed by atoms with E-state index in [9.17, 15) is 18.8 Å². The molecule has 3 amide bonds. The average Bonchev–Trinajstić information content (AvgIpc) is 3.44. The third kappa shape index (κ3) is 5.87. The fourth-order valence-electron chi connectivity index (χ4n) is 5.31. The topological polar surface area (TPSA) is 122 Å². The molecular formula is C29H34FN7O4S. The number of nitrogens with zero attached hydrogens (tertiary/aromatic N) is 5. The molecule has 2 atom stereocenters. The molecule has 1 saturated heterocycles. The molecule has 13 heteroatoms. The van der Waals surface area contributed by atoms with Gasteiger partial charge in [-0.2, -0.15) is 5.10 Å². The second kappa shape index (κ2) is 10.9. The van der Waals surface area contributed by atoms with E-state index in [4.69, 9.17) is 4.74 Å². The van der Waals surface area contributed by atoms with Crippen molar-refractivity contribution in [2.45, 2.75) is 59.2 Å². The number of piperazine rings is 1. The number of halogens is 1. The highest BCUT2D eigenvalue weighted by molar-refractivity contribution is 7.23. The van der Waals surface area contributed by atoms with E-state index in [1.165, 1.54) is 29.0 Å². The smallest absolute Gasteiger partial charge is 0.410 e. The molecule has 11 nitrogen and oxygen atoms in total. The van der Waals surface area contributed by atoms with Crippen LogP contribution in [0, 0.1) is 5.82 Å². The second-order valence-corrected chi connectivity index (χ2v) is 12.7. The number of ether oxygens (including phenoxy) is 1. The van der Waals surface area contributed by atoms with Gasteiger partial charge in [0.25, 0.3) is 5.91 Å². The van der Waals surface area contributed by atoms with Crippen LogP contribution in [0.5, 0.6) is 0 Å². The van der Waals surface area contributed by atoms with Crippen molar-refractivity contribution in [1.82, 2.24) is 19.7 Å². The normalized spacial score (nSPS) is 17.5. The van der Waals surface area contributed by atoms with Gasteiger partial charge in [0, 0.05) is 44.3 Å². The molecule has 0 saturated carbocycles. The molecule has 2 N–H and O–H groups in total. The summed E-state index contributed by atoms with van der Waals surface area (Å²) in [4.78, 5) is 46.8. The van der Waals surface area contributed by atoms with Crippen LogP contribution in [0.2, 0.25) is 0 Å². The van der Waals surface area contributed by atoms with E-state index in [2.05, 4.69) is 25.6 Å². The average molecular weight is 596 g/mol. The van der Waals surface area contributed by atoms with Crippen LogP contribution >= 0.6 is 11.3 Å². The molecule has 222 valence electrons. The molecular weight excluding hydrogens is 561 g/mol. The van der Waals surface area contributed by atoms with Crippen molar-refractivity contribution >= 4 is 66.9 Å². The summed E-state index contributed by atoms with van der Waals surface area (Å²) < 4.78 is 22.5. The van der Waals surface area contributed by atoms with Crippen LogP contribution in [0.15, 0.2) is 30.5 Å². The Morgan fingerprint density at radius 1 is 1.07 bits per heavy atom. The van der Waals surface area contributed by atoms with Gasteiger partial charge in [-0.05, 0) is 58.9 Å². The number of anilines is 3. The zero-order valence-corrected chi connectivity index (χ0v) is 25.4. The van der Waals surface area contributed by atoms with Gasteiger partial charge in [0.05, 0.1) is 33.6 Å². The van der Waals surface area contributed by atoms with Gasteiger partial charge in [-0.1, -0.05) is 11.3 Å². The Labute approximate surface area is 246 Å². The van der Waals surface area contributed by atoms with Crippen molar-refractivity contribution in [1.29, 1.82) is 0 Å². The van der Waals surface area contributed by atoms with Gasteiger partial charge >= 0.3 is 6.09 Å². The predicted molar refractivity (Wildman–Crippen MR) is 162 cm³/mol. The first-order valence-electron chi connectivity index (χ1n) is 13.6. The molecule has 0 unspecified atom stereocenters. The van der Waals surface area contributed by atoms with Gasteiger partial charge in [-0.3, -0.25) is 19.2 Å². The molecule has 2 aromatic carbocycles. The Hall–Kier alpha value is -4.26. The Morgan fingerprint density at radius 2 is 1.76 bits per heavy atom. The number of hydrogen-bond acceptors (Lipinski definition) is 8. The summed E-state index contributed by atoms with van der Waals surface area (Å²) in [5.74, 6) is -1.29. The van der Waals surface area contributed by atoms with E-state index in [1.54, 1.807) is 30.3 Å². The maximum atomic E-state index is 14.7. The molecule has 4 aromatic rings. The summed E-state index contributed by atoms with van der Waals surface area (Å²) in [5, 5.41) is 10.5. The number of carbonyl (C=O) groups is 3. The molecule has 42 heavy (non-hydrogen) atoms. The molecule has 1 aliphatic rings. The SMILES string of the molecule is CC(=O)Nc1nc2c(C(=O)Nc3cc(F)c4nn(C)cc4c3)ccc(N3C[C@H](C)N(C(=O)OC(C)(C)C)[C@@H](C)C3)c2s1. The van der Waals surface area contributed by atoms with Crippen LogP contribution in [0.4, 0.5) is 25.7 Å². The lowest BCUT2D eigenvalue weighted by Crippen LogP contribution is -2.59. The maximum Gasteiger partial charge on any atom is 0.410 e. The largest absolute Gasteiger partial charge is 0.444 e. The number of thiazole rings is 1. The molecule has 1 fully saturated rings. The van der Waals surface area contributed by atoms with E-state index >= 15 is 0 Å². The minimum Gasteiger partial charge on any atom is -0.444 e. The van der Waals surface area contributed by atoms with Crippen LogP contribution in [0.1, 0.15) is 51.9 Å². The number of aryl methyl sites for hydroxylation is 1. The van der Waals surface area contributed by atoms with Crippen LogP contribution in [0.3, 0.4) is 0 Å². The van der Waals surface area contributed by atoms with Crippen molar-refractivity contribution in [2.75, 3.05) is 28.6 Å². The molecule has 3 heterocycles. The van der Waals surface area contributed by atoms with E-state index in [0.717, 1.165) is 5.69 Å². The van der Waals surface area contributed by atoms with Gasteiger partial charge in [-0.15, -0.1) is 0 Å². The predicted octanol–water partition coefficient (Wildman–Crippen LogP) is 5.37. The number of amides is 3. The third-order valence-corrected chi connectivity index (χ3v) is 7.84. The number of fused-ring (bicyclic) bond motifs is 2. The first-order valence-corrected chi connectivity index (χ1v) is 14.4. The number of aromatic nitrogens is 3. The summed E-state index contributed by atoms with van der Waals surface area (Å²) in [6.45, 7) is 11.9. The minimum atomic E-state index is -0.603. The number of benzene rings is 2. The van der Waals surface area contributed by atoms with Crippen molar-refractivity contribution in [3.8, 4) is 0 Å².